The van der Waals surface area contributed by atoms with Gasteiger partial charge in [-0.3, -0.25) is 0 Å². The summed E-state index contributed by atoms with van der Waals surface area (Å²) in [4.78, 5) is 0. The SMILES string of the molecule is COCCNCC(C)NCc1cccc(F)c1. The van der Waals surface area contributed by atoms with E-state index in [-0.39, 0.29) is 5.82 Å². The molecule has 4 heteroatoms. The molecule has 1 aromatic carbocycles. The highest BCUT2D eigenvalue weighted by molar-refractivity contribution is 5.16. The highest BCUT2D eigenvalue weighted by atomic mass is 19.1. The van der Waals surface area contributed by atoms with E-state index >= 15 is 0 Å². The van der Waals surface area contributed by atoms with E-state index < -0.39 is 0 Å². The standard InChI is InChI=1S/C13H21FN2O/c1-11(9-15-6-7-17-2)16-10-12-4-3-5-13(14)8-12/h3-5,8,11,15-16H,6-7,9-10H2,1-2H3. The lowest BCUT2D eigenvalue weighted by molar-refractivity contribution is 0.198. The van der Waals surface area contributed by atoms with E-state index in [4.69, 9.17) is 4.74 Å². The van der Waals surface area contributed by atoms with Crippen molar-refractivity contribution in [3.8, 4) is 0 Å². The summed E-state index contributed by atoms with van der Waals surface area (Å²) >= 11 is 0. The molecule has 0 spiro atoms. The number of benzene rings is 1. The minimum atomic E-state index is -0.185. The molecule has 0 radical (unpaired) electrons. The first-order valence-corrected chi connectivity index (χ1v) is 5.90. The number of methoxy groups -OCH3 is 1. The van der Waals surface area contributed by atoms with Crippen molar-refractivity contribution < 1.29 is 9.13 Å². The summed E-state index contributed by atoms with van der Waals surface area (Å²) in [7, 11) is 1.69. The van der Waals surface area contributed by atoms with Gasteiger partial charge in [-0.15, -0.1) is 0 Å². The third kappa shape index (κ3) is 6.36. The second-order valence-electron chi connectivity index (χ2n) is 4.11. The van der Waals surface area contributed by atoms with Crippen LogP contribution >= 0.6 is 0 Å². The molecule has 3 nitrogen and oxygen atoms in total. The van der Waals surface area contributed by atoms with Crippen LogP contribution in [0.4, 0.5) is 4.39 Å². The normalized spacial score (nSPS) is 12.6. The molecular weight excluding hydrogens is 219 g/mol. The van der Waals surface area contributed by atoms with Gasteiger partial charge in [-0.1, -0.05) is 12.1 Å². The summed E-state index contributed by atoms with van der Waals surface area (Å²) in [6.45, 7) is 5.22. The molecule has 0 fully saturated rings. The Labute approximate surface area is 102 Å². The summed E-state index contributed by atoms with van der Waals surface area (Å²) in [5.74, 6) is -0.185. The average molecular weight is 240 g/mol. The molecule has 0 aliphatic carbocycles. The van der Waals surface area contributed by atoms with E-state index in [1.807, 2.05) is 6.07 Å². The van der Waals surface area contributed by atoms with Crippen LogP contribution in [-0.4, -0.2) is 32.8 Å². The molecule has 96 valence electrons. The number of rotatable bonds is 8. The van der Waals surface area contributed by atoms with Crippen LogP contribution in [0.3, 0.4) is 0 Å². The Bertz CT molecular complexity index is 320. The summed E-state index contributed by atoms with van der Waals surface area (Å²) in [5, 5.41) is 6.61. The molecule has 0 aliphatic heterocycles. The molecule has 1 aromatic rings. The number of ether oxygens (including phenoxy) is 1. The second-order valence-corrected chi connectivity index (χ2v) is 4.11. The number of hydrogen-bond donors (Lipinski definition) is 2. The first-order chi connectivity index (χ1) is 8.22. The Morgan fingerprint density at radius 1 is 1.41 bits per heavy atom. The molecular formula is C13H21FN2O. The molecule has 0 saturated carbocycles. The Kier molecular flexibility index (Phi) is 6.77. The van der Waals surface area contributed by atoms with Crippen LogP contribution in [0.5, 0.6) is 0 Å². The largest absolute Gasteiger partial charge is 0.383 e. The Balaban J connectivity index is 2.17. The fraction of sp³-hybridized carbons (Fsp3) is 0.538. The lowest BCUT2D eigenvalue weighted by Gasteiger charge is -2.14. The average Bonchev–Trinajstić information content (AvgIpc) is 2.32. The maximum Gasteiger partial charge on any atom is 0.123 e. The first-order valence-electron chi connectivity index (χ1n) is 5.90. The second kappa shape index (κ2) is 8.17. The van der Waals surface area contributed by atoms with Crippen LogP contribution < -0.4 is 10.6 Å². The zero-order valence-corrected chi connectivity index (χ0v) is 10.5. The summed E-state index contributed by atoms with van der Waals surface area (Å²) < 4.78 is 17.9. The van der Waals surface area contributed by atoms with Gasteiger partial charge in [0.2, 0.25) is 0 Å². The first kappa shape index (κ1) is 14.1. The van der Waals surface area contributed by atoms with Crippen LogP contribution in [-0.2, 0) is 11.3 Å². The van der Waals surface area contributed by atoms with Gasteiger partial charge in [-0.25, -0.2) is 4.39 Å². The van der Waals surface area contributed by atoms with Gasteiger partial charge in [0.25, 0.3) is 0 Å². The predicted molar refractivity (Wildman–Crippen MR) is 67.4 cm³/mol. The van der Waals surface area contributed by atoms with Crippen LogP contribution in [0.25, 0.3) is 0 Å². The van der Waals surface area contributed by atoms with E-state index in [1.165, 1.54) is 6.07 Å². The Morgan fingerprint density at radius 2 is 2.24 bits per heavy atom. The third-order valence-electron chi connectivity index (χ3n) is 2.48. The van der Waals surface area contributed by atoms with Crippen LogP contribution in [0.1, 0.15) is 12.5 Å². The van der Waals surface area contributed by atoms with E-state index in [1.54, 1.807) is 19.2 Å². The zero-order valence-electron chi connectivity index (χ0n) is 10.5. The summed E-state index contributed by atoms with van der Waals surface area (Å²) in [6.07, 6.45) is 0. The van der Waals surface area contributed by atoms with E-state index in [0.29, 0.717) is 12.6 Å². The third-order valence-corrected chi connectivity index (χ3v) is 2.48. The number of hydrogen-bond acceptors (Lipinski definition) is 3. The van der Waals surface area contributed by atoms with Gasteiger partial charge in [0, 0.05) is 32.8 Å². The minimum absolute atomic E-state index is 0.185. The van der Waals surface area contributed by atoms with Crippen molar-refractivity contribution in [1.82, 2.24) is 10.6 Å². The lowest BCUT2D eigenvalue weighted by Crippen LogP contribution is -2.37. The molecule has 0 aromatic heterocycles. The smallest absolute Gasteiger partial charge is 0.123 e. The summed E-state index contributed by atoms with van der Waals surface area (Å²) in [6, 6.07) is 7.00. The van der Waals surface area contributed by atoms with Crippen molar-refractivity contribution >= 4 is 0 Å². The van der Waals surface area contributed by atoms with Crippen LogP contribution in [0.2, 0.25) is 0 Å². The maximum atomic E-state index is 12.9. The molecule has 2 N–H and O–H groups in total. The highest BCUT2D eigenvalue weighted by Gasteiger charge is 2.01. The van der Waals surface area contributed by atoms with Crippen LogP contribution in [0.15, 0.2) is 24.3 Å². The quantitative estimate of drug-likeness (QED) is 0.676. The molecule has 0 saturated heterocycles. The van der Waals surface area contributed by atoms with Crippen LogP contribution in [0, 0.1) is 5.82 Å². The molecule has 0 heterocycles. The van der Waals surface area contributed by atoms with Crippen molar-refractivity contribution in [2.45, 2.75) is 19.5 Å². The molecule has 17 heavy (non-hydrogen) atoms. The van der Waals surface area contributed by atoms with Crippen molar-refractivity contribution in [3.05, 3.63) is 35.6 Å². The van der Waals surface area contributed by atoms with E-state index in [2.05, 4.69) is 17.6 Å². The summed E-state index contributed by atoms with van der Waals surface area (Å²) in [5.41, 5.74) is 0.966. The molecule has 0 amide bonds. The number of halogens is 1. The molecule has 1 unspecified atom stereocenters. The van der Waals surface area contributed by atoms with E-state index in [0.717, 1.165) is 25.3 Å². The van der Waals surface area contributed by atoms with Gasteiger partial charge in [0.15, 0.2) is 0 Å². The Morgan fingerprint density at radius 3 is 2.94 bits per heavy atom. The molecule has 1 rings (SSSR count). The lowest BCUT2D eigenvalue weighted by atomic mass is 10.2. The van der Waals surface area contributed by atoms with Crippen molar-refractivity contribution in [2.75, 3.05) is 26.8 Å². The minimum Gasteiger partial charge on any atom is -0.383 e. The van der Waals surface area contributed by atoms with Gasteiger partial charge >= 0.3 is 0 Å². The van der Waals surface area contributed by atoms with Gasteiger partial charge in [0.05, 0.1) is 6.61 Å². The van der Waals surface area contributed by atoms with Crippen molar-refractivity contribution in [3.63, 3.8) is 0 Å². The highest BCUT2D eigenvalue weighted by Crippen LogP contribution is 2.03. The Hall–Kier alpha value is -0.970. The van der Waals surface area contributed by atoms with E-state index in [9.17, 15) is 4.39 Å². The van der Waals surface area contributed by atoms with Gasteiger partial charge in [-0.05, 0) is 24.6 Å². The molecule has 0 bridgehead atoms. The fourth-order valence-electron chi connectivity index (χ4n) is 1.50. The van der Waals surface area contributed by atoms with Gasteiger partial charge in [0.1, 0.15) is 5.82 Å². The predicted octanol–water partition coefficient (Wildman–Crippen LogP) is 1.54. The molecule has 1 atom stereocenters. The number of nitrogens with one attached hydrogen (secondary N) is 2. The van der Waals surface area contributed by atoms with Gasteiger partial charge in [-0.2, -0.15) is 0 Å². The fourth-order valence-corrected chi connectivity index (χ4v) is 1.50. The monoisotopic (exact) mass is 240 g/mol. The topological polar surface area (TPSA) is 33.3 Å². The maximum absolute atomic E-state index is 12.9. The van der Waals surface area contributed by atoms with Crippen molar-refractivity contribution in [1.29, 1.82) is 0 Å². The molecule has 0 aliphatic rings. The van der Waals surface area contributed by atoms with Gasteiger partial charge < -0.3 is 15.4 Å². The van der Waals surface area contributed by atoms with Crippen molar-refractivity contribution in [2.24, 2.45) is 0 Å². The zero-order chi connectivity index (χ0) is 12.5.